The maximum Gasteiger partial charge on any atom is 0.276 e. The van der Waals surface area contributed by atoms with E-state index in [1.54, 1.807) is 0 Å². The summed E-state index contributed by atoms with van der Waals surface area (Å²) in [5.41, 5.74) is -0.466. The van der Waals surface area contributed by atoms with Crippen molar-refractivity contribution in [3.05, 3.63) is 28.1 Å². The van der Waals surface area contributed by atoms with Crippen molar-refractivity contribution in [1.29, 1.82) is 0 Å². The molecule has 0 spiro atoms. The molecule has 0 aliphatic carbocycles. The number of non-ortho nitro benzene ring substituents is 1. The average molecular weight is 187 g/mol. The average Bonchev–Trinajstić information content (AvgIpc) is 2.09. The molecule has 0 aliphatic heterocycles. The maximum atomic E-state index is 12.8. The van der Waals surface area contributed by atoms with E-state index < -0.39 is 22.2 Å². The van der Waals surface area contributed by atoms with Gasteiger partial charge in [-0.1, -0.05) is 0 Å². The molecule has 6 heteroatoms. The zero-order valence-electron chi connectivity index (χ0n) is 6.65. The third kappa shape index (κ3) is 1.66. The van der Waals surface area contributed by atoms with Gasteiger partial charge in [-0.15, -0.1) is 0 Å². The van der Waals surface area contributed by atoms with Gasteiger partial charge >= 0.3 is 0 Å². The van der Waals surface area contributed by atoms with Crippen molar-refractivity contribution < 1.29 is 19.2 Å². The highest BCUT2D eigenvalue weighted by molar-refractivity contribution is 5.48. The summed E-state index contributed by atoms with van der Waals surface area (Å²) in [6.07, 6.45) is 0. The van der Waals surface area contributed by atoms with Gasteiger partial charge in [-0.3, -0.25) is 10.1 Å². The first kappa shape index (κ1) is 9.24. The van der Waals surface area contributed by atoms with Crippen LogP contribution in [-0.2, 0) is 0 Å². The molecule has 0 radical (unpaired) electrons. The van der Waals surface area contributed by atoms with Crippen LogP contribution < -0.4 is 4.74 Å². The number of benzene rings is 1. The van der Waals surface area contributed by atoms with Gasteiger partial charge in [-0.2, -0.15) is 0 Å². The molecular weight excluding hydrogens is 181 g/mol. The number of nitro groups is 1. The van der Waals surface area contributed by atoms with E-state index in [9.17, 15) is 14.5 Å². The summed E-state index contributed by atoms with van der Waals surface area (Å²) in [7, 11) is 1.18. The van der Waals surface area contributed by atoms with Crippen molar-refractivity contribution in [2.45, 2.75) is 0 Å². The van der Waals surface area contributed by atoms with Crippen molar-refractivity contribution in [3.8, 4) is 11.5 Å². The number of methoxy groups -OCH3 is 1. The second kappa shape index (κ2) is 3.26. The summed E-state index contributed by atoms with van der Waals surface area (Å²) in [5, 5.41) is 19.2. The molecule has 0 heterocycles. The van der Waals surface area contributed by atoms with E-state index >= 15 is 0 Å². The lowest BCUT2D eigenvalue weighted by Gasteiger charge is -2.02. The minimum atomic E-state index is -1.08. The molecule has 70 valence electrons. The number of phenols is 1. The van der Waals surface area contributed by atoms with Gasteiger partial charge in [0.15, 0.2) is 17.3 Å². The van der Waals surface area contributed by atoms with Crippen molar-refractivity contribution in [2.24, 2.45) is 0 Å². The van der Waals surface area contributed by atoms with Gasteiger partial charge in [0, 0.05) is 0 Å². The number of nitrogens with zero attached hydrogens (tertiary/aromatic N) is 1. The van der Waals surface area contributed by atoms with Gasteiger partial charge in [0.2, 0.25) is 0 Å². The molecule has 1 N–H and O–H groups in total. The minimum absolute atomic E-state index is 0.258. The molecule has 0 bridgehead atoms. The van der Waals surface area contributed by atoms with Gasteiger partial charge in [-0.05, 0) is 0 Å². The van der Waals surface area contributed by atoms with Crippen LogP contribution in [0.1, 0.15) is 0 Å². The molecule has 1 aromatic rings. The molecule has 0 saturated carbocycles. The SMILES string of the molecule is COc1cc([N+](=O)[O-])cc(F)c1O. The molecule has 0 atom stereocenters. The third-order valence-electron chi connectivity index (χ3n) is 1.44. The molecule has 5 nitrogen and oxygen atoms in total. The van der Waals surface area contributed by atoms with Crippen LogP contribution in [0.3, 0.4) is 0 Å². The zero-order valence-corrected chi connectivity index (χ0v) is 6.65. The van der Waals surface area contributed by atoms with E-state index in [1.807, 2.05) is 0 Å². The van der Waals surface area contributed by atoms with Crippen LogP contribution >= 0.6 is 0 Å². The first-order valence-corrected chi connectivity index (χ1v) is 3.27. The largest absolute Gasteiger partial charge is 0.502 e. The summed E-state index contributed by atoms with van der Waals surface area (Å²) in [6, 6.07) is 1.57. The number of ether oxygens (including phenoxy) is 1. The Kier molecular flexibility index (Phi) is 2.32. The summed E-state index contributed by atoms with van der Waals surface area (Å²) in [6.45, 7) is 0. The monoisotopic (exact) mass is 187 g/mol. The molecule has 0 unspecified atom stereocenters. The first-order chi connectivity index (χ1) is 6.06. The van der Waals surface area contributed by atoms with E-state index in [4.69, 9.17) is 5.11 Å². The fraction of sp³-hybridized carbons (Fsp3) is 0.143. The number of hydrogen-bond acceptors (Lipinski definition) is 4. The second-order valence-electron chi connectivity index (χ2n) is 2.24. The fourth-order valence-corrected chi connectivity index (χ4v) is 0.821. The van der Waals surface area contributed by atoms with Gasteiger partial charge < -0.3 is 9.84 Å². The second-order valence-corrected chi connectivity index (χ2v) is 2.24. The molecule has 13 heavy (non-hydrogen) atoms. The van der Waals surface area contributed by atoms with Gasteiger partial charge in [-0.25, -0.2) is 4.39 Å². The molecule has 0 fully saturated rings. The summed E-state index contributed by atoms with van der Waals surface area (Å²) in [5.74, 6) is -2.06. The Balaban J connectivity index is 3.30. The standard InChI is InChI=1S/C7H6FNO4/c1-13-6-3-4(9(11)12)2-5(8)7(6)10/h2-3,10H,1H3. The number of rotatable bonds is 2. The fourth-order valence-electron chi connectivity index (χ4n) is 0.821. The normalized spacial score (nSPS) is 9.69. The Hall–Kier alpha value is -1.85. The van der Waals surface area contributed by atoms with Crippen LogP contribution in [0.15, 0.2) is 12.1 Å². The molecule has 0 aromatic heterocycles. The third-order valence-corrected chi connectivity index (χ3v) is 1.44. The van der Waals surface area contributed by atoms with Crippen LogP contribution in [0.5, 0.6) is 11.5 Å². The molecule has 1 rings (SSSR count). The van der Waals surface area contributed by atoms with Crippen molar-refractivity contribution >= 4 is 5.69 Å². The number of halogens is 1. The maximum absolute atomic E-state index is 12.8. The quantitative estimate of drug-likeness (QED) is 0.561. The Bertz CT molecular complexity index is 353. The zero-order chi connectivity index (χ0) is 10.0. The summed E-state index contributed by atoms with van der Waals surface area (Å²) in [4.78, 5) is 9.46. The Labute approximate surface area is 72.5 Å². The van der Waals surface area contributed by atoms with Crippen LogP contribution in [0.2, 0.25) is 0 Å². The van der Waals surface area contributed by atoms with Crippen molar-refractivity contribution in [1.82, 2.24) is 0 Å². The highest BCUT2D eigenvalue weighted by Gasteiger charge is 2.16. The van der Waals surface area contributed by atoms with E-state index in [-0.39, 0.29) is 5.75 Å². The summed E-state index contributed by atoms with van der Waals surface area (Å²) >= 11 is 0. The van der Waals surface area contributed by atoms with Crippen molar-refractivity contribution in [3.63, 3.8) is 0 Å². The highest BCUT2D eigenvalue weighted by Crippen LogP contribution is 2.32. The van der Waals surface area contributed by atoms with Gasteiger partial charge in [0.25, 0.3) is 5.69 Å². The van der Waals surface area contributed by atoms with Crippen molar-refractivity contribution in [2.75, 3.05) is 7.11 Å². The predicted octanol–water partition coefficient (Wildman–Crippen LogP) is 1.45. The first-order valence-electron chi connectivity index (χ1n) is 3.27. The molecule has 0 saturated heterocycles. The van der Waals surface area contributed by atoms with Gasteiger partial charge in [0.1, 0.15) is 0 Å². The number of aromatic hydroxyl groups is 1. The van der Waals surface area contributed by atoms with E-state index in [0.29, 0.717) is 6.07 Å². The van der Waals surface area contributed by atoms with Crippen LogP contribution in [0.4, 0.5) is 10.1 Å². The lowest BCUT2D eigenvalue weighted by atomic mass is 10.2. The topological polar surface area (TPSA) is 72.6 Å². The smallest absolute Gasteiger partial charge is 0.276 e. The summed E-state index contributed by atoms with van der Waals surface area (Å²) < 4.78 is 17.3. The van der Waals surface area contributed by atoms with Gasteiger partial charge in [0.05, 0.1) is 24.2 Å². The Morgan fingerprint density at radius 2 is 2.23 bits per heavy atom. The predicted molar refractivity (Wildman–Crippen MR) is 41.3 cm³/mol. The van der Waals surface area contributed by atoms with Crippen LogP contribution in [0, 0.1) is 15.9 Å². The Morgan fingerprint density at radius 1 is 1.62 bits per heavy atom. The van der Waals surface area contributed by atoms with Crippen LogP contribution in [0.25, 0.3) is 0 Å². The number of nitro benzene ring substituents is 1. The van der Waals surface area contributed by atoms with Crippen LogP contribution in [-0.4, -0.2) is 17.1 Å². The number of phenolic OH excluding ortho intramolecular Hbond substituents is 1. The highest BCUT2D eigenvalue weighted by atomic mass is 19.1. The lowest BCUT2D eigenvalue weighted by molar-refractivity contribution is -0.385. The molecule has 0 aliphatic rings. The molecule has 1 aromatic carbocycles. The van der Waals surface area contributed by atoms with E-state index in [1.165, 1.54) is 7.11 Å². The number of hydrogen-bond donors (Lipinski definition) is 1. The lowest BCUT2D eigenvalue weighted by Crippen LogP contribution is -1.92. The molecule has 0 amide bonds. The van der Waals surface area contributed by atoms with E-state index in [2.05, 4.69) is 4.74 Å². The molecular formula is C7H6FNO4. The van der Waals surface area contributed by atoms with E-state index in [0.717, 1.165) is 6.07 Å². The minimum Gasteiger partial charge on any atom is -0.502 e. The Morgan fingerprint density at radius 3 is 2.69 bits per heavy atom.